The molecule has 0 saturated heterocycles. The van der Waals surface area contributed by atoms with Crippen molar-refractivity contribution in [3.63, 3.8) is 0 Å². The number of benzene rings is 1. The van der Waals surface area contributed by atoms with Gasteiger partial charge in [-0.3, -0.25) is 0 Å². The Morgan fingerprint density at radius 2 is 1.85 bits per heavy atom. The maximum atomic E-state index is 7.19. The van der Waals surface area contributed by atoms with Gasteiger partial charge < -0.3 is 14.9 Å². The van der Waals surface area contributed by atoms with Crippen molar-refractivity contribution in [1.29, 1.82) is 5.41 Å². The molecule has 3 nitrogen and oxygen atoms in total. The van der Waals surface area contributed by atoms with Gasteiger partial charge in [0.15, 0.2) is 6.29 Å². The van der Waals surface area contributed by atoms with Crippen molar-refractivity contribution in [1.82, 2.24) is 0 Å². The molecule has 0 atom stereocenters. The fourth-order valence-electron chi connectivity index (χ4n) is 1.21. The molecule has 1 N–H and O–H groups in total. The topological polar surface area (TPSA) is 42.3 Å². The molecular formula is C10H13NO2. The highest BCUT2D eigenvalue weighted by atomic mass is 16.7. The molecule has 1 aromatic rings. The van der Waals surface area contributed by atoms with E-state index in [4.69, 9.17) is 14.9 Å². The van der Waals surface area contributed by atoms with Gasteiger partial charge in [0.1, 0.15) is 0 Å². The third-order valence-corrected chi connectivity index (χ3v) is 1.83. The molecule has 1 rings (SSSR count). The first kappa shape index (κ1) is 9.89. The molecule has 0 heterocycles. The van der Waals surface area contributed by atoms with Gasteiger partial charge in [-0.1, -0.05) is 24.3 Å². The minimum atomic E-state index is -0.391. The Hall–Kier alpha value is -1.19. The Labute approximate surface area is 77.8 Å². The van der Waals surface area contributed by atoms with Gasteiger partial charge in [-0.25, -0.2) is 0 Å². The zero-order chi connectivity index (χ0) is 9.68. The predicted molar refractivity (Wildman–Crippen MR) is 51.1 cm³/mol. The molecule has 0 fully saturated rings. The van der Waals surface area contributed by atoms with E-state index in [0.717, 1.165) is 11.1 Å². The molecule has 0 aliphatic rings. The Morgan fingerprint density at radius 1 is 1.23 bits per heavy atom. The maximum Gasteiger partial charge on any atom is 0.183 e. The fraction of sp³-hybridized carbons (Fsp3) is 0.300. The van der Waals surface area contributed by atoms with Crippen LogP contribution in [0.25, 0.3) is 0 Å². The average Bonchev–Trinajstić information content (AvgIpc) is 2.20. The lowest BCUT2D eigenvalue weighted by Gasteiger charge is -2.15. The molecule has 0 amide bonds. The quantitative estimate of drug-likeness (QED) is 0.567. The van der Waals surface area contributed by atoms with Crippen molar-refractivity contribution in [3.8, 4) is 0 Å². The normalized spacial score (nSPS) is 10.4. The van der Waals surface area contributed by atoms with Crippen LogP contribution in [0.2, 0.25) is 0 Å². The molecule has 0 unspecified atom stereocenters. The first-order valence-corrected chi connectivity index (χ1v) is 3.98. The lowest BCUT2D eigenvalue weighted by Crippen LogP contribution is -2.06. The second kappa shape index (κ2) is 4.74. The molecule has 1 aromatic carbocycles. The number of methoxy groups -OCH3 is 2. The number of nitrogens with one attached hydrogen (secondary N) is 1. The van der Waals surface area contributed by atoms with E-state index in [1.54, 1.807) is 14.2 Å². The van der Waals surface area contributed by atoms with Crippen molar-refractivity contribution < 1.29 is 9.47 Å². The summed E-state index contributed by atoms with van der Waals surface area (Å²) >= 11 is 0. The van der Waals surface area contributed by atoms with Crippen LogP contribution < -0.4 is 0 Å². The Morgan fingerprint density at radius 3 is 2.38 bits per heavy atom. The van der Waals surface area contributed by atoms with Gasteiger partial charge in [0.2, 0.25) is 0 Å². The van der Waals surface area contributed by atoms with Gasteiger partial charge in [0, 0.05) is 31.6 Å². The second-order valence-corrected chi connectivity index (χ2v) is 2.58. The minimum absolute atomic E-state index is 0.391. The van der Waals surface area contributed by atoms with Crippen LogP contribution in [0.3, 0.4) is 0 Å². The van der Waals surface area contributed by atoms with E-state index in [-0.39, 0.29) is 0 Å². The monoisotopic (exact) mass is 179 g/mol. The number of hydrogen-bond acceptors (Lipinski definition) is 3. The minimum Gasteiger partial charge on any atom is -0.352 e. The Balaban J connectivity index is 3.03. The number of hydrogen-bond donors (Lipinski definition) is 1. The summed E-state index contributed by atoms with van der Waals surface area (Å²) in [6.45, 7) is 0. The van der Waals surface area contributed by atoms with Crippen LogP contribution in [0.15, 0.2) is 24.3 Å². The molecule has 0 aliphatic carbocycles. The molecule has 0 spiro atoms. The molecule has 0 bridgehead atoms. The van der Waals surface area contributed by atoms with Crippen LogP contribution in [0.5, 0.6) is 0 Å². The summed E-state index contributed by atoms with van der Waals surface area (Å²) < 4.78 is 10.2. The summed E-state index contributed by atoms with van der Waals surface area (Å²) in [5, 5.41) is 7.19. The Kier molecular flexibility index (Phi) is 3.61. The van der Waals surface area contributed by atoms with Gasteiger partial charge in [-0.15, -0.1) is 0 Å². The lowest BCUT2D eigenvalue weighted by atomic mass is 10.1. The highest BCUT2D eigenvalue weighted by Crippen LogP contribution is 2.19. The smallest absolute Gasteiger partial charge is 0.183 e. The van der Waals surface area contributed by atoms with Crippen LogP contribution in [0, 0.1) is 5.41 Å². The van der Waals surface area contributed by atoms with Crippen LogP contribution in [-0.4, -0.2) is 20.4 Å². The maximum absolute atomic E-state index is 7.19. The average molecular weight is 179 g/mol. The van der Waals surface area contributed by atoms with E-state index in [2.05, 4.69) is 0 Å². The predicted octanol–water partition coefficient (Wildman–Crippen LogP) is 1.98. The van der Waals surface area contributed by atoms with Crippen molar-refractivity contribution in [3.05, 3.63) is 35.4 Å². The van der Waals surface area contributed by atoms with Crippen molar-refractivity contribution in [2.75, 3.05) is 14.2 Å². The van der Waals surface area contributed by atoms with Gasteiger partial charge in [0.25, 0.3) is 0 Å². The molecule has 0 saturated carbocycles. The van der Waals surface area contributed by atoms with E-state index >= 15 is 0 Å². The fourth-order valence-corrected chi connectivity index (χ4v) is 1.21. The van der Waals surface area contributed by atoms with Crippen molar-refractivity contribution in [2.24, 2.45) is 0 Å². The Bertz CT molecular complexity index is 282. The van der Waals surface area contributed by atoms with E-state index in [1.165, 1.54) is 6.21 Å². The summed E-state index contributed by atoms with van der Waals surface area (Å²) in [5.41, 5.74) is 1.69. The van der Waals surface area contributed by atoms with E-state index in [9.17, 15) is 0 Å². The van der Waals surface area contributed by atoms with Crippen molar-refractivity contribution >= 4 is 6.21 Å². The van der Waals surface area contributed by atoms with Crippen LogP contribution in [0.1, 0.15) is 17.4 Å². The zero-order valence-corrected chi connectivity index (χ0v) is 7.78. The zero-order valence-electron chi connectivity index (χ0n) is 7.78. The molecule has 0 aliphatic heterocycles. The SMILES string of the molecule is COC(OC)c1ccccc1C=N. The van der Waals surface area contributed by atoms with Crippen LogP contribution in [0.4, 0.5) is 0 Å². The first-order valence-electron chi connectivity index (χ1n) is 3.98. The highest BCUT2D eigenvalue weighted by Gasteiger charge is 2.11. The van der Waals surface area contributed by atoms with E-state index < -0.39 is 6.29 Å². The molecule has 3 heteroatoms. The standard InChI is InChI=1S/C10H13NO2/c1-12-10(13-2)9-6-4-3-5-8(9)7-11/h3-7,10-11H,1-2H3. The first-order chi connectivity index (χ1) is 6.33. The molecule has 0 aromatic heterocycles. The van der Waals surface area contributed by atoms with Gasteiger partial charge >= 0.3 is 0 Å². The second-order valence-electron chi connectivity index (χ2n) is 2.58. The number of ether oxygens (including phenoxy) is 2. The largest absolute Gasteiger partial charge is 0.352 e. The summed E-state index contributed by atoms with van der Waals surface area (Å²) in [7, 11) is 3.16. The summed E-state index contributed by atoms with van der Waals surface area (Å²) in [6, 6.07) is 7.52. The molecular weight excluding hydrogens is 166 g/mol. The summed E-state index contributed by atoms with van der Waals surface area (Å²) in [6.07, 6.45) is 0.901. The summed E-state index contributed by atoms with van der Waals surface area (Å²) in [4.78, 5) is 0. The van der Waals surface area contributed by atoms with Crippen molar-refractivity contribution in [2.45, 2.75) is 6.29 Å². The molecule has 70 valence electrons. The number of rotatable bonds is 4. The van der Waals surface area contributed by atoms with Gasteiger partial charge in [-0.05, 0) is 0 Å². The van der Waals surface area contributed by atoms with Gasteiger partial charge in [0.05, 0.1) is 0 Å². The molecule has 0 radical (unpaired) electrons. The highest BCUT2D eigenvalue weighted by molar-refractivity contribution is 5.79. The van der Waals surface area contributed by atoms with Gasteiger partial charge in [-0.2, -0.15) is 0 Å². The third-order valence-electron chi connectivity index (χ3n) is 1.83. The molecule has 13 heavy (non-hydrogen) atoms. The summed E-state index contributed by atoms with van der Waals surface area (Å²) in [5.74, 6) is 0. The lowest BCUT2D eigenvalue weighted by molar-refractivity contribution is -0.106. The third kappa shape index (κ3) is 2.14. The van der Waals surface area contributed by atoms with E-state index in [1.807, 2.05) is 24.3 Å². The van der Waals surface area contributed by atoms with Crippen LogP contribution in [-0.2, 0) is 9.47 Å². The van der Waals surface area contributed by atoms with E-state index in [0.29, 0.717) is 0 Å². The van der Waals surface area contributed by atoms with Crippen LogP contribution >= 0.6 is 0 Å².